The van der Waals surface area contributed by atoms with Crippen molar-refractivity contribution in [1.29, 1.82) is 0 Å². The van der Waals surface area contributed by atoms with E-state index in [4.69, 9.17) is 9.47 Å². The first-order valence-corrected chi connectivity index (χ1v) is 4.35. The summed E-state index contributed by atoms with van der Waals surface area (Å²) in [6.07, 6.45) is 0.396. The van der Waals surface area contributed by atoms with Gasteiger partial charge in [-0.2, -0.15) is 0 Å². The molecule has 12 heavy (non-hydrogen) atoms. The summed E-state index contributed by atoms with van der Waals surface area (Å²) < 4.78 is 10.4. The molecule has 0 aromatic heterocycles. The summed E-state index contributed by atoms with van der Waals surface area (Å²) in [4.78, 5) is 4.26. The average Bonchev–Trinajstić information content (AvgIpc) is 1.84. The highest BCUT2D eigenvalue weighted by Crippen LogP contribution is 2.07. The van der Waals surface area contributed by atoms with Crippen molar-refractivity contribution >= 4 is 6.08 Å². The molecule has 3 heteroatoms. The molecule has 0 fully saturated rings. The quantitative estimate of drug-likeness (QED) is 0.473. The van der Waals surface area contributed by atoms with Crippen molar-refractivity contribution in [3.63, 3.8) is 0 Å². The molecule has 0 heterocycles. The number of nitrogens with zero attached hydrogens (tertiary/aromatic N) is 1. The minimum absolute atomic E-state index is 0.139. The minimum Gasteiger partial charge on any atom is -0.451 e. The van der Waals surface area contributed by atoms with Crippen LogP contribution in [-0.2, 0) is 9.47 Å². The Labute approximate surface area is 74.8 Å². The van der Waals surface area contributed by atoms with Crippen molar-refractivity contribution in [3.8, 4) is 0 Å². The summed E-state index contributed by atoms with van der Waals surface area (Å²) in [7, 11) is 0. The second-order valence-electron chi connectivity index (χ2n) is 3.41. The van der Waals surface area contributed by atoms with Crippen LogP contribution in [0.1, 0.15) is 34.6 Å². The molecule has 0 aromatic carbocycles. The van der Waals surface area contributed by atoms with Crippen LogP contribution in [-0.4, -0.2) is 24.8 Å². The van der Waals surface area contributed by atoms with Crippen LogP contribution < -0.4 is 0 Å². The van der Waals surface area contributed by atoms with E-state index in [1.165, 1.54) is 0 Å². The molecule has 0 aromatic rings. The summed E-state index contributed by atoms with van der Waals surface area (Å²) in [5, 5.41) is 0. The predicted molar refractivity (Wildman–Crippen MR) is 50.4 cm³/mol. The van der Waals surface area contributed by atoms with Crippen molar-refractivity contribution < 1.29 is 9.47 Å². The topological polar surface area (TPSA) is 30.8 Å². The van der Waals surface area contributed by atoms with Gasteiger partial charge in [0.1, 0.15) is 0 Å². The molecule has 0 saturated heterocycles. The van der Waals surface area contributed by atoms with Crippen LogP contribution in [0.3, 0.4) is 0 Å². The Morgan fingerprint density at radius 3 is 1.75 bits per heavy atom. The first kappa shape index (κ1) is 11.3. The fraction of sp³-hybridized carbons (Fsp3) is 0.889. The predicted octanol–water partition coefficient (Wildman–Crippen LogP) is 2.21. The second-order valence-corrected chi connectivity index (χ2v) is 3.41. The third-order valence-electron chi connectivity index (χ3n) is 0.962. The van der Waals surface area contributed by atoms with Crippen molar-refractivity contribution in [1.82, 2.24) is 0 Å². The maximum absolute atomic E-state index is 5.19. The number of hydrogen-bond donors (Lipinski definition) is 0. The van der Waals surface area contributed by atoms with Gasteiger partial charge < -0.3 is 9.47 Å². The normalized spacial score (nSPS) is 10.8. The molecular formula is C9H19NO2. The van der Waals surface area contributed by atoms with E-state index >= 15 is 0 Å². The first-order chi connectivity index (χ1) is 5.49. The molecular weight excluding hydrogens is 154 g/mol. The van der Waals surface area contributed by atoms with Crippen LogP contribution in [0.5, 0.6) is 0 Å². The molecule has 0 atom stereocenters. The third-order valence-corrected chi connectivity index (χ3v) is 0.962. The van der Waals surface area contributed by atoms with Gasteiger partial charge in [0, 0.05) is 0 Å². The Bertz CT molecular complexity index is 139. The van der Waals surface area contributed by atoms with E-state index < -0.39 is 0 Å². The van der Waals surface area contributed by atoms with Crippen LogP contribution in [0.25, 0.3) is 0 Å². The lowest BCUT2D eigenvalue weighted by molar-refractivity contribution is 0.176. The van der Waals surface area contributed by atoms with Crippen molar-refractivity contribution in [2.24, 2.45) is 4.99 Å². The molecule has 0 aliphatic rings. The van der Waals surface area contributed by atoms with E-state index in [-0.39, 0.29) is 5.54 Å². The molecule has 0 aliphatic carbocycles. The molecule has 0 N–H and O–H groups in total. The molecule has 0 spiro atoms. The maximum atomic E-state index is 5.19. The average molecular weight is 173 g/mol. The van der Waals surface area contributed by atoms with E-state index in [1.54, 1.807) is 0 Å². The van der Waals surface area contributed by atoms with E-state index in [0.29, 0.717) is 19.3 Å². The fourth-order valence-electron chi connectivity index (χ4n) is 0.627. The van der Waals surface area contributed by atoms with Gasteiger partial charge in [0.15, 0.2) is 0 Å². The lowest BCUT2D eigenvalue weighted by Gasteiger charge is -2.15. The van der Waals surface area contributed by atoms with Gasteiger partial charge >= 0.3 is 6.08 Å². The van der Waals surface area contributed by atoms with Crippen molar-refractivity contribution in [2.45, 2.75) is 40.2 Å². The highest BCUT2D eigenvalue weighted by molar-refractivity contribution is 5.67. The Morgan fingerprint density at radius 1 is 1.08 bits per heavy atom. The Morgan fingerprint density at radius 2 is 1.50 bits per heavy atom. The molecule has 0 aliphatic heterocycles. The van der Waals surface area contributed by atoms with Crippen molar-refractivity contribution in [2.75, 3.05) is 13.2 Å². The molecule has 0 bridgehead atoms. The van der Waals surface area contributed by atoms with Gasteiger partial charge in [0.05, 0.1) is 18.8 Å². The molecule has 0 unspecified atom stereocenters. The molecule has 0 rings (SSSR count). The summed E-state index contributed by atoms with van der Waals surface area (Å²) in [5.74, 6) is 0. The van der Waals surface area contributed by atoms with Gasteiger partial charge in [-0.3, -0.25) is 0 Å². The van der Waals surface area contributed by atoms with Crippen LogP contribution in [0.4, 0.5) is 0 Å². The SMILES string of the molecule is CCOC(=NC(C)(C)C)OCC. The summed E-state index contributed by atoms with van der Waals surface area (Å²) in [6, 6.07) is 0. The van der Waals surface area contributed by atoms with Gasteiger partial charge in [-0.25, -0.2) is 4.99 Å². The minimum atomic E-state index is -0.139. The maximum Gasteiger partial charge on any atom is 0.383 e. The van der Waals surface area contributed by atoms with Gasteiger partial charge in [0.2, 0.25) is 0 Å². The van der Waals surface area contributed by atoms with Gasteiger partial charge in [-0.1, -0.05) is 0 Å². The summed E-state index contributed by atoms with van der Waals surface area (Å²) in [6.45, 7) is 11.0. The molecule has 72 valence electrons. The fourth-order valence-corrected chi connectivity index (χ4v) is 0.627. The van der Waals surface area contributed by atoms with Crippen molar-refractivity contribution in [3.05, 3.63) is 0 Å². The summed E-state index contributed by atoms with van der Waals surface area (Å²) in [5.41, 5.74) is -0.139. The largest absolute Gasteiger partial charge is 0.451 e. The zero-order valence-corrected chi connectivity index (χ0v) is 8.68. The molecule has 0 saturated carbocycles. The second kappa shape index (κ2) is 5.01. The van der Waals surface area contributed by atoms with Crippen LogP contribution in [0.15, 0.2) is 4.99 Å². The van der Waals surface area contributed by atoms with E-state index in [9.17, 15) is 0 Å². The van der Waals surface area contributed by atoms with Crippen LogP contribution >= 0.6 is 0 Å². The number of ether oxygens (including phenoxy) is 2. The van der Waals surface area contributed by atoms with Crippen LogP contribution in [0.2, 0.25) is 0 Å². The van der Waals surface area contributed by atoms with E-state index in [2.05, 4.69) is 4.99 Å². The first-order valence-electron chi connectivity index (χ1n) is 4.35. The van der Waals surface area contributed by atoms with E-state index in [0.717, 1.165) is 0 Å². The molecule has 0 amide bonds. The van der Waals surface area contributed by atoms with E-state index in [1.807, 2.05) is 34.6 Å². The highest BCUT2D eigenvalue weighted by atomic mass is 16.7. The van der Waals surface area contributed by atoms with Crippen LogP contribution in [0, 0.1) is 0 Å². The zero-order chi connectivity index (χ0) is 9.61. The lowest BCUT2D eigenvalue weighted by Crippen LogP contribution is -2.18. The Balaban J connectivity index is 4.17. The third kappa shape index (κ3) is 6.01. The zero-order valence-electron chi connectivity index (χ0n) is 8.68. The number of rotatable bonds is 2. The number of aliphatic imine (C=N–C) groups is 1. The molecule has 3 nitrogen and oxygen atoms in total. The standard InChI is InChI=1S/C9H19NO2/c1-6-11-8(12-7-2)10-9(3,4)5/h6-7H2,1-5H3. The van der Waals surface area contributed by atoms with Gasteiger partial charge in [-0.15, -0.1) is 0 Å². The lowest BCUT2D eigenvalue weighted by atomic mass is 10.1. The Kier molecular flexibility index (Phi) is 4.71. The number of hydrogen-bond acceptors (Lipinski definition) is 3. The summed E-state index contributed by atoms with van der Waals surface area (Å²) >= 11 is 0. The highest BCUT2D eigenvalue weighted by Gasteiger charge is 2.11. The monoisotopic (exact) mass is 173 g/mol. The molecule has 0 radical (unpaired) electrons. The smallest absolute Gasteiger partial charge is 0.383 e. The van der Waals surface area contributed by atoms with Gasteiger partial charge in [-0.05, 0) is 34.6 Å². The Hall–Kier alpha value is -0.730. The van der Waals surface area contributed by atoms with Gasteiger partial charge in [0.25, 0.3) is 0 Å².